The van der Waals surface area contributed by atoms with Crippen molar-refractivity contribution < 1.29 is 14.2 Å². The molecule has 21 heavy (non-hydrogen) atoms. The molecule has 2 aromatic rings. The monoisotopic (exact) mass is 288 g/mol. The molecule has 0 saturated carbocycles. The van der Waals surface area contributed by atoms with E-state index in [1.165, 1.54) is 6.07 Å². The smallest absolute Gasteiger partial charge is 0.165 e. The molecule has 0 amide bonds. The molecule has 2 atom stereocenters. The van der Waals surface area contributed by atoms with Crippen molar-refractivity contribution in [3.63, 3.8) is 0 Å². The Bertz CT molecular complexity index is 581. The lowest BCUT2D eigenvalue weighted by atomic mass is 9.96. The Hall–Kier alpha value is -1.87. The summed E-state index contributed by atoms with van der Waals surface area (Å²) in [4.78, 5) is 0. The fourth-order valence-electron chi connectivity index (χ4n) is 2.25. The van der Waals surface area contributed by atoms with Gasteiger partial charge in [0.25, 0.3) is 0 Å². The zero-order chi connectivity index (χ0) is 15.4. The first-order valence-corrected chi connectivity index (χ1v) is 7.15. The Balaban J connectivity index is 2.25. The molecule has 0 spiro atoms. The molecule has 112 valence electrons. The number of aliphatic hydroxyl groups is 1. The first-order chi connectivity index (χ1) is 9.99. The molecule has 3 heteroatoms. The summed E-state index contributed by atoms with van der Waals surface area (Å²) in [5.74, 6) is -0.185. The van der Waals surface area contributed by atoms with E-state index in [2.05, 4.69) is 0 Å². The van der Waals surface area contributed by atoms with Crippen molar-refractivity contribution in [3.8, 4) is 5.75 Å². The van der Waals surface area contributed by atoms with Crippen LogP contribution in [0.3, 0.4) is 0 Å². The summed E-state index contributed by atoms with van der Waals surface area (Å²) in [7, 11) is 0. The normalized spacial score (nSPS) is 14.0. The third-order valence-corrected chi connectivity index (χ3v) is 3.46. The zero-order valence-electron chi connectivity index (χ0n) is 12.6. The van der Waals surface area contributed by atoms with E-state index in [0.717, 1.165) is 11.1 Å². The van der Waals surface area contributed by atoms with E-state index in [0.29, 0.717) is 0 Å². The first-order valence-electron chi connectivity index (χ1n) is 7.15. The molecule has 0 aromatic heterocycles. The maximum Gasteiger partial charge on any atom is 0.165 e. The summed E-state index contributed by atoms with van der Waals surface area (Å²) in [5, 5.41) is 10.5. The van der Waals surface area contributed by atoms with Gasteiger partial charge >= 0.3 is 0 Å². The van der Waals surface area contributed by atoms with E-state index in [1.807, 2.05) is 51.1 Å². The molecule has 0 aliphatic carbocycles. The number of aryl methyl sites for hydroxylation is 1. The van der Waals surface area contributed by atoms with Crippen LogP contribution in [0.15, 0.2) is 48.5 Å². The SMILES string of the molecule is Cc1ccc(F)c(OC(C(C)C)C(O)c2ccccc2)c1. The second-order valence-electron chi connectivity index (χ2n) is 5.62. The van der Waals surface area contributed by atoms with E-state index in [-0.39, 0.29) is 11.7 Å². The van der Waals surface area contributed by atoms with E-state index in [1.54, 1.807) is 12.1 Å². The Morgan fingerprint density at radius 3 is 2.33 bits per heavy atom. The zero-order valence-corrected chi connectivity index (χ0v) is 12.6. The molecule has 0 fully saturated rings. The summed E-state index contributed by atoms with van der Waals surface area (Å²) in [6.07, 6.45) is -1.31. The molecule has 2 rings (SSSR count). The number of aliphatic hydroxyl groups excluding tert-OH is 1. The molecule has 0 aliphatic rings. The molecule has 1 N–H and O–H groups in total. The van der Waals surface area contributed by atoms with Gasteiger partial charge < -0.3 is 9.84 Å². The van der Waals surface area contributed by atoms with Crippen LogP contribution in [0.4, 0.5) is 4.39 Å². The topological polar surface area (TPSA) is 29.5 Å². The maximum atomic E-state index is 13.9. The minimum Gasteiger partial charge on any atom is -0.484 e. The fraction of sp³-hybridized carbons (Fsp3) is 0.333. The molecule has 0 saturated heterocycles. The van der Waals surface area contributed by atoms with Gasteiger partial charge in [-0.05, 0) is 36.1 Å². The van der Waals surface area contributed by atoms with Gasteiger partial charge in [-0.3, -0.25) is 0 Å². The first kappa shape index (κ1) is 15.5. The predicted octanol–water partition coefficient (Wildman–Crippen LogP) is 4.27. The quantitative estimate of drug-likeness (QED) is 0.890. The van der Waals surface area contributed by atoms with Gasteiger partial charge in [0.1, 0.15) is 12.2 Å². The van der Waals surface area contributed by atoms with Crippen molar-refractivity contribution >= 4 is 0 Å². The average Bonchev–Trinajstić information content (AvgIpc) is 2.48. The molecule has 2 nitrogen and oxygen atoms in total. The summed E-state index contributed by atoms with van der Waals surface area (Å²) in [6.45, 7) is 5.78. The number of rotatable bonds is 5. The van der Waals surface area contributed by atoms with Crippen LogP contribution in [0.2, 0.25) is 0 Å². The molecule has 2 aromatic carbocycles. The number of ether oxygens (including phenoxy) is 1. The number of benzene rings is 2. The van der Waals surface area contributed by atoms with Crippen LogP contribution in [0.25, 0.3) is 0 Å². The van der Waals surface area contributed by atoms with Gasteiger partial charge in [-0.25, -0.2) is 4.39 Å². The maximum absolute atomic E-state index is 13.9. The van der Waals surface area contributed by atoms with Crippen LogP contribution >= 0.6 is 0 Å². The molecule has 0 heterocycles. The second kappa shape index (κ2) is 6.72. The summed E-state index contributed by atoms with van der Waals surface area (Å²) >= 11 is 0. The van der Waals surface area contributed by atoms with Crippen LogP contribution in [0, 0.1) is 18.7 Å². The number of halogens is 1. The van der Waals surface area contributed by atoms with Gasteiger partial charge in [-0.1, -0.05) is 50.2 Å². The van der Waals surface area contributed by atoms with Crippen LogP contribution in [-0.2, 0) is 0 Å². The van der Waals surface area contributed by atoms with E-state index in [4.69, 9.17) is 4.74 Å². The fourth-order valence-corrected chi connectivity index (χ4v) is 2.25. The van der Waals surface area contributed by atoms with Crippen molar-refractivity contribution in [2.75, 3.05) is 0 Å². The highest BCUT2D eigenvalue weighted by atomic mass is 19.1. The standard InChI is InChI=1S/C18H21FO2/c1-12(2)18(17(20)14-7-5-4-6-8-14)21-16-11-13(3)9-10-15(16)19/h4-12,17-18,20H,1-3H3. The highest BCUT2D eigenvalue weighted by Gasteiger charge is 2.27. The van der Waals surface area contributed by atoms with E-state index >= 15 is 0 Å². The summed E-state index contributed by atoms with van der Waals surface area (Å²) < 4.78 is 19.6. The second-order valence-corrected chi connectivity index (χ2v) is 5.62. The molecular formula is C18H21FO2. The van der Waals surface area contributed by atoms with Crippen LogP contribution < -0.4 is 4.74 Å². The van der Waals surface area contributed by atoms with Gasteiger partial charge in [0, 0.05) is 0 Å². The molecular weight excluding hydrogens is 267 g/mol. The summed E-state index contributed by atoms with van der Waals surface area (Å²) in [6, 6.07) is 14.0. The molecule has 0 radical (unpaired) electrons. The predicted molar refractivity (Wildman–Crippen MR) is 81.8 cm³/mol. The van der Waals surface area contributed by atoms with Crippen molar-refractivity contribution in [3.05, 3.63) is 65.5 Å². The van der Waals surface area contributed by atoms with Crippen molar-refractivity contribution in [2.45, 2.75) is 33.0 Å². The Morgan fingerprint density at radius 1 is 1.05 bits per heavy atom. The molecule has 2 unspecified atom stereocenters. The van der Waals surface area contributed by atoms with Crippen molar-refractivity contribution in [1.82, 2.24) is 0 Å². The van der Waals surface area contributed by atoms with Crippen molar-refractivity contribution in [1.29, 1.82) is 0 Å². The van der Waals surface area contributed by atoms with Gasteiger partial charge in [0.05, 0.1) is 0 Å². The van der Waals surface area contributed by atoms with Crippen molar-refractivity contribution in [2.24, 2.45) is 5.92 Å². The van der Waals surface area contributed by atoms with E-state index in [9.17, 15) is 9.50 Å². The van der Waals surface area contributed by atoms with Gasteiger partial charge in [0.15, 0.2) is 11.6 Å². The lowest BCUT2D eigenvalue weighted by Gasteiger charge is -2.28. The Kier molecular flexibility index (Phi) is 4.97. The molecule has 0 bridgehead atoms. The van der Waals surface area contributed by atoms with Gasteiger partial charge in [0.2, 0.25) is 0 Å². The lowest BCUT2D eigenvalue weighted by Crippen LogP contribution is -2.31. The number of hydrogen-bond acceptors (Lipinski definition) is 2. The minimum absolute atomic E-state index is 0.0418. The third kappa shape index (κ3) is 3.82. The highest BCUT2D eigenvalue weighted by Crippen LogP contribution is 2.28. The van der Waals surface area contributed by atoms with Crippen LogP contribution in [-0.4, -0.2) is 11.2 Å². The Labute approximate surface area is 125 Å². The molecule has 0 aliphatic heterocycles. The van der Waals surface area contributed by atoms with Gasteiger partial charge in [-0.15, -0.1) is 0 Å². The third-order valence-electron chi connectivity index (χ3n) is 3.46. The Morgan fingerprint density at radius 2 is 1.71 bits per heavy atom. The highest BCUT2D eigenvalue weighted by molar-refractivity contribution is 5.30. The van der Waals surface area contributed by atoms with Crippen LogP contribution in [0.1, 0.15) is 31.1 Å². The average molecular weight is 288 g/mol. The summed E-state index contributed by atoms with van der Waals surface area (Å²) in [5.41, 5.74) is 1.69. The van der Waals surface area contributed by atoms with E-state index < -0.39 is 18.0 Å². The minimum atomic E-state index is -0.800. The lowest BCUT2D eigenvalue weighted by molar-refractivity contribution is 0.00575. The largest absolute Gasteiger partial charge is 0.484 e. The number of hydrogen-bond donors (Lipinski definition) is 1. The van der Waals surface area contributed by atoms with Gasteiger partial charge in [-0.2, -0.15) is 0 Å². The van der Waals surface area contributed by atoms with Crippen LogP contribution in [0.5, 0.6) is 5.75 Å².